The van der Waals surface area contributed by atoms with Crippen LogP contribution >= 0.6 is 0 Å². The van der Waals surface area contributed by atoms with Crippen LogP contribution in [0.2, 0.25) is 0 Å². The van der Waals surface area contributed by atoms with Gasteiger partial charge in [-0.05, 0) is 19.1 Å². The summed E-state index contributed by atoms with van der Waals surface area (Å²) < 4.78 is 35.5. The Morgan fingerprint density at radius 3 is 2.64 bits per heavy atom. The smallest absolute Gasteiger partial charge is 0.296 e. The molecule has 0 atom stereocenters. The van der Waals surface area contributed by atoms with Gasteiger partial charge >= 0.3 is 0 Å². The number of hydrogen-bond donors (Lipinski definition) is 2. The van der Waals surface area contributed by atoms with Gasteiger partial charge in [-0.3, -0.25) is 4.55 Å². The quantitative estimate of drug-likeness (QED) is 0.580. The summed E-state index contributed by atoms with van der Waals surface area (Å²) in [5, 5.41) is 0. The lowest BCUT2D eigenvalue weighted by Crippen LogP contribution is -2.03. The molecule has 0 unspecified atom stereocenters. The van der Waals surface area contributed by atoms with Crippen molar-refractivity contribution in [2.45, 2.75) is 11.8 Å². The lowest BCUT2D eigenvalue weighted by atomic mass is 10.3. The Labute approximate surface area is 82.2 Å². The molecule has 0 radical (unpaired) electrons. The molecule has 14 heavy (non-hydrogen) atoms. The number of benzene rings is 1. The van der Waals surface area contributed by atoms with E-state index in [9.17, 15) is 8.42 Å². The molecule has 6 heteroatoms. The molecule has 0 aliphatic carbocycles. The predicted octanol–water partition coefficient (Wildman–Crippen LogP) is 0.914. The van der Waals surface area contributed by atoms with Crippen molar-refractivity contribution in [2.75, 3.05) is 12.3 Å². The molecular formula is C8H11NO4S. The zero-order chi connectivity index (χ0) is 10.8. The zero-order valence-corrected chi connectivity index (χ0v) is 8.41. The highest BCUT2D eigenvalue weighted by molar-refractivity contribution is 7.86. The second-order valence-corrected chi connectivity index (χ2v) is 4.00. The van der Waals surface area contributed by atoms with Gasteiger partial charge in [-0.1, -0.05) is 0 Å². The van der Waals surface area contributed by atoms with E-state index in [1.54, 1.807) is 6.92 Å². The third-order valence-electron chi connectivity index (χ3n) is 1.57. The maximum Gasteiger partial charge on any atom is 0.296 e. The molecule has 0 aliphatic rings. The van der Waals surface area contributed by atoms with Gasteiger partial charge in [-0.15, -0.1) is 0 Å². The van der Waals surface area contributed by atoms with Gasteiger partial charge in [0.2, 0.25) is 0 Å². The summed E-state index contributed by atoms with van der Waals surface area (Å²) in [7, 11) is -4.28. The number of ether oxygens (including phenoxy) is 1. The average Bonchev–Trinajstić information content (AvgIpc) is 2.07. The highest BCUT2D eigenvalue weighted by Crippen LogP contribution is 2.23. The summed E-state index contributed by atoms with van der Waals surface area (Å²) in [6.07, 6.45) is 0. The molecule has 0 aromatic heterocycles. The first kappa shape index (κ1) is 10.8. The van der Waals surface area contributed by atoms with Crippen molar-refractivity contribution in [1.82, 2.24) is 0 Å². The topological polar surface area (TPSA) is 89.6 Å². The van der Waals surface area contributed by atoms with Crippen molar-refractivity contribution in [3.8, 4) is 5.75 Å². The van der Waals surface area contributed by atoms with Gasteiger partial charge in [0.25, 0.3) is 10.1 Å². The zero-order valence-electron chi connectivity index (χ0n) is 7.60. The first-order chi connectivity index (χ1) is 6.45. The fourth-order valence-corrected chi connectivity index (χ4v) is 1.63. The van der Waals surface area contributed by atoms with Gasteiger partial charge in [0.15, 0.2) is 0 Å². The number of nitrogen functional groups attached to an aromatic ring is 1. The number of anilines is 1. The fraction of sp³-hybridized carbons (Fsp3) is 0.250. The van der Waals surface area contributed by atoms with E-state index in [-0.39, 0.29) is 10.6 Å². The first-order valence-corrected chi connectivity index (χ1v) is 5.39. The van der Waals surface area contributed by atoms with E-state index >= 15 is 0 Å². The van der Waals surface area contributed by atoms with E-state index in [2.05, 4.69) is 0 Å². The molecule has 1 rings (SSSR count). The Morgan fingerprint density at radius 2 is 2.14 bits per heavy atom. The third kappa shape index (κ3) is 2.36. The van der Waals surface area contributed by atoms with Crippen molar-refractivity contribution in [2.24, 2.45) is 0 Å². The van der Waals surface area contributed by atoms with Crippen molar-refractivity contribution in [1.29, 1.82) is 0 Å². The molecule has 3 N–H and O–H groups in total. The SMILES string of the molecule is CCOc1ccc(N)c(S(=O)(=O)O)c1. The first-order valence-electron chi connectivity index (χ1n) is 3.95. The molecule has 0 saturated carbocycles. The van der Waals surface area contributed by atoms with Crippen LogP contribution in [0.4, 0.5) is 5.69 Å². The molecule has 0 saturated heterocycles. The van der Waals surface area contributed by atoms with Crippen LogP contribution in [0.15, 0.2) is 23.1 Å². The fourth-order valence-electron chi connectivity index (χ4n) is 0.995. The molecule has 0 heterocycles. The molecule has 0 amide bonds. The summed E-state index contributed by atoms with van der Waals surface area (Å²) >= 11 is 0. The van der Waals surface area contributed by atoms with E-state index < -0.39 is 10.1 Å². The molecule has 0 fully saturated rings. The minimum atomic E-state index is -4.28. The van der Waals surface area contributed by atoms with Crippen LogP contribution in [0.3, 0.4) is 0 Å². The van der Waals surface area contributed by atoms with Gasteiger partial charge in [-0.2, -0.15) is 8.42 Å². The molecule has 5 nitrogen and oxygen atoms in total. The van der Waals surface area contributed by atoms with Crippen LogP contribution in [0.1, 0.15) is 6.92 Å². The summed E-state index contributed by atoms with van der Waals surface area (Å²) in [6.45, 7) is 2.18. The van der Waals surface area contributed by atoms with Crippen LogP contribution in [0.25, 0.3) is 0 Å². The van der Waals surface area contributed by atoms with Crippen LogP contribution in [0.5, 0.6) is 5.75 Å². The van der Waals surface area contributed by atoms with E-state index in [0.717, 1.165) is 0 Å². The Bertz CT molecular complexity index is 427. The molecular weight excluding hydrogens is 206 g/mol. The number of hydrogen-bond acceptors (Lipinski definition) is 4. The molecule has 1 aromatic rings. The van der Waals surface area contributed by atoms with E-state index in [0.29, 0.717) is 12.4 Å². The highest BCUT2D eigenvalue weighted by atomic mass is 32.2. The Hall–Kier alpha value is -1.27. The monoisotopic (exact) mass is 217 g/mol. The van der Waals surface area contributed by atoms with Crippen LogP contribution in [-0.4, -0.2) is 19.6 Å². The van der Waals surface area contributed by atoms with Crippen molar-refractivity contribution in [3.63, 3.8) is 0 Å². The van der Waals surface area contributed by atoms with Gasteiger partial charge in [0.1, 0.15) is 10.6 Å². The molecule has 78 valence electrons. The Balaban J connectivity index is 3.22. The van der Waals surface area contributed by atoms with Crippen molar-refractivity contribution >= 4 is 15.8 Å². The van der Waals surface area contributed by atoms with Crippen LogP contribution < -0.4 is 10.5 Å². The largest absolute Gasteiger partial charge is 0.494 e. The Kier molecular flexibility index (Phi) is 2.97. The van der Waals surface area contributed by atoms with Gasteiger partial charge in [0.05, 0.1) is 12.3 Å². The van der Waals surface area contributed by atoms with E-state index in [1.807, 2.05) is 0 Å². The minimum Gasteiger partial charge on any atom is -0.494 e. The molecule has 0 aliphatic heterocycles. The highest BCUT2D eigenvalue weighted by Gasteiger charge is 2.14. The number of rotatable bonds is 3. The summed E-state index contributed by atoms with van der Waals surface area (Å²) in [6, 6.07) is 4.09. The lowest BCUT2D eigenvalue weighted by Gasteiger charge is -2.06. The molecule has 0 spiro atoms. The normalized spacial score (nSPS) is 11.3. The van der Waals surface area contributed by atoms with E-state index in [1.165, 1.54) is 18.2 Å². The number of nitrogens with two attached hydrogens (primary N) is 1. The average molecular weight is 217 g/mol. The second kappa shape index (κ2) is 3.85. The summed E-state index contributed by atoms with van der Waals surface area (Å²) in [4.78, 5) is -0.330. The second-order valence-electron chi connectivity index (χ2n) is 2.61. The van der Waals surface area contributed by atoms with Gasteiger partial charge < -0.3 is 10.5 Å². The van der Waals surface area contributed by atoms with Crippen molar-refractivity contribution < 1.29 is 17.7 Å². The van der Waals surface area contributed by atoms with E-state index in [4.69, 9.17) is 15.0 Å². The van der Waals surface area contributed by atoms with Crippen LogP contribution in [-0.2, 0) is 10.1 Å². The van der Waals surface area contributed by atoms with Gasteiger partial charge in [0, 0.05) is 6.07 Å². The van der Waals surface area contributed by atoms with Crippen molar-refractivity contribution in [3.05, 3.63) is 18.2 Å². The lowest BCUT2D eigenvalue weighted by molar-refractivity contribution is 0.339. The molecule has 1 aromatic carbocycles. The van der Waals surface area contributed by atoms with Crippen LogP contribution in [0, 0.1) is 0 Å². The maximum absolute atomic E-state index is 10.8. The maximum atomic E-state index is 10.8. The third-order valence-corrected chi connectivity index (χ3v) is 2.48. The summed E-state index contributed by atoms with van der Waals surface area (Å²) in [5.74, 6) is 0.356. The Morgan fingerprint density at radius 1 is 1.50 bits per heavy atom. The standard InChI is InChI=1S/C8H11NO4S/c1-2-13-6-3-4-7(9)8(5-6)14(10,11)12/h3-5H,2,9H2,1H3,(H,10,11,12). The minimum absolute atomic E-state index is 0.00375. The predicted molar refractivity (Wildman–Crippen MR) is 51.8 cm³/mol. The summed E-state index contributed by atoms with van der Waals surface area (Å²) in [5.41, 5.74) is 5.37. The van der Waals surface area contributed by atoms with Gasteiger partial charge in [-0.25, -0.2) is 0 Å². The molecule has 0 bridgehead atoms.